The van der Waals surface area contributed by atoms with Gasteiger partial charge in [-0.05, 0) is 37.5 Å². The van der Waals surface area contributed by atoms with E-state index in [4.69, 9.17) is 9.47 Å². The van der Waals surface area contributed by atoms with Gasteiger partial charge in [0.2, 0.25) is 0 Å². The van der Waals surface area contributed by atoms with Gasteiger partial charge in [0.05, 0.1) is 25.0 Å². The van der Waals surface area contributed by atoms with E-state index in [0.717, 1.165) is 57.2 Å². The second kappa shape index (κ2) is 11.8. The zero-order valence-electron chi connectivity index (χ0n) is 16.8. The van der Waals surface area contributed by atoms with Crippen molar-refractivity contribution in [3.05, 3.63) is 29.6 Å². The third kappa shape index (κ3) is 6.18. The molecule has 0 bridgehead atoms. The van der Waals surface area contributed by atoms with Crippen LogP contribution >= 0.6 is 24.0 Å². The maximum Gasteiger partial charge on any atom is 0.193 e. The summed E-state index contributed by atoms with van der Waals surface area (Å²) >= 11 is 0. The molecule has 28 heavy (non-hydrogen) atoms. The number of aliphatic imine (C=N–C) groups is 1. The highest BCUT2D eigenvalue weighted by Gasteiger charge is 2.21. The summed E-state index contributed by atoms with van der Waals surface area (Å²) in [7, 11) is 1.79. The Bertz CT molecular complexity index is 633. The van der Waals surface area contributed by atoms with Gasteiger partial charge in [-0.15, -0.1) is 24.0 Å². The predicted octanol–water partition coefficient (Wildman–Crippen LogP) is 2.86. The van der Waals surface area contributed by atoms with E-state index in [-0.39, 0.29) is 29.8 Å². The van der Waals surface area contributed by atoms with Gasteiger partial charge in [-0.1, -0.05) is 6.07 Å². The lowest BCUT2D eigenvalue weighted by atomic mass is 10.1. The summed E-state index contributed by atoms with van der Waals surface area (Å²) in [6.45, 7) is 7.98. The van der Waals surface area contributed by atoms with E-state index in [1.54, 1.807) is 13.1 Å². The lowest BCUT2D eigenvalue weighted by molar-refractivity contribution is 0.0263. The predicted molar refractivity (Wildman–Crippen MR) is 121 cm³/mol. The fourth-order valence-electron chi connectivity index (χ4n) is 3.70. The van der Waals surface area contributed by atoms with Crippen molar-refractivity contribution in [1.82, 2.24) is 10.2 Å². The standard InChI is InChI=1S/C20H31FN4O2.HI/c1-3-27-17-6-8-25(9-7-17)20(22-2)23-15-16-4-5-19(18(21)14-16)24-10-12-26-13-11-24;/h4-5,14,17H,3,6-13,15H2,1-2H3,(H,22,23);1H. The van der Waals surface area contributed by atoms with Crippen LogP contribution in [0.1, 0.15) is 25.3 Å². The molecule has 2 saturated heterocycles. The van der Waals surface area contributed by atoms with Crippen LogP contribution < -0.4 is 10.2 Å². The molecular weight excluding hydrogens is 474 g/mol. The Hall–Kier alpha value is -1.13. The third-order valence-electron chi connectivity index (χ3n) is 5.17. The first kappa shape index (κ1) is 23.2. The number of guanidine groups is 1. The van der Waals surface area contributed by atoms with Gasteiger partial charge in [0.1, 0.15) is 5.82 Å². The van der Waals surface area contributed by atoms with Crippen LogP contribution in [0.5, 0.6) is 0 Å². The highest BCUT2D eigenvalue weighted by molar-refractivity contribution is 14.0. The average Bonchev–Trinajstić information content (AvgIpc) is 2.70. The number of benzene rings is 1. The Morgan fingerprint density at radius 1 is 1.25 bits per heavy atom. The third-order valence-corrected chi connectivity index (χ3v) is 5.17. The van der Waals surface area contributed by atoms with Crippen LogP contribution in [0.4, 0.5) is 10.1 Å². The fourth-order valence-corrected chi connectivity index (χ4v) is 3.70. The molecule has 8 heteroatoms. The van der Waals surface area contributed by atoms with Gasteiger partial charge in [0.15, 0.2) is 5.96 Å². The Labute approximate surface area is 184 Å². The van der Waals surface area contributed by atoms with Crippen LogP contribution in [0.2, 0.25) is 0 Å². The molecule has 0 spiro atoms. The van der Waals surface area contributed by atoms with Crippen LogP contribution in [-0.2, 0) is 16.0 Å². The molecule has 0 aromatic heterocycles. The van der Waals surface area contributed by atoms with Gasteiger partial charge >= 0.3 is 0 Å². The first-order chi connectivity index (χ1) is 13.2. The molecule has 1 aromatic carbocycles. The molecule has 2 aliphatic rings. The van der Waals surface area contributed by atoms with E-state index in [1.807, 2.05) is 24.0 Å². The van der Waals surface area contributed by atoms with E-state index in [9.17, 15) is 4.39 Å². The van der Waals surface area contributed by atoms with Gasteiger partial charge in [-0.2, -0.15) is 0 Å². The number of likely N-dealkylation sites (tertiary alicyclic amines) is 1. The SMILES string of the molecule is CCOC1CCN(C(=NC)NCc2ccc(N3CCOCC3)c(F)c2)CC1.I. The largest absolute Gasteiger partial charge is 0.378 e. The molecule has 1 aromatic rings. The average molecular weight is 506 g/mol. The van der Waals surface area contributed by atoms with Crippen molar-refractivity contribution in [3.8, 4) is 0 Å². The maximum atomic E-state index is 14.5. The number of halogens is 2. The minimum absolute atomic E-state index is 0. The Morgan fingerprint density at radius 3 is 2.57 bits per heavy atom. The van der Waals surface area contributed by atoms with Crippen molar-refractivity contribution < 1.29 is 13.9 Å². The number of nitrogens with zero attached hydrogens (tertiary/aromatic N) is 3. The van der Waals surface area contributed by atoms with Gasteiger partial charge < -0.3 is 24.6 Å². The number of hydrogen-bond donors (Lipinski definition) is 1. The summed E-state index contributed by atoms with van der Waals surface area (Å²) in [4.78, 5) is 8.67. The van der Waals surface area contributed by atoms with Gasteiger partial charge in [0, 0.05) is 46.4 Å². The molecule has 6 nitrogen and oxygen atoms in total. The second-order valence-corrected chi connectivity index (χ2v) is 6.93. The summed E-state index contributed by atoms with van der Waals surface area (Å²) in [5, 5.41) is 3.36. The molecule has 2 aliphatic heterocycles. The summed E-state index contributed by atoms with van der Waals surface area (Å²) < 4.78 is 25.6. The number of piperidine rings is 1. The second-order valence-electron chi connectivity index (χ2n) is 6.93. The number of rotatable bonds is 5. The van der Waals surface area contributed by atoms with Crippen LogP contribution in [-0.4, -0.2) is 70.0 Å². The molecule has 2 fully saturated rings. The summed E-state index contributed by atoms with van der Waals surface area (Å²) in [5.74, 6) is 0.686. The molecule has 0 radical (unpaired) electrons. The smallest absolute Gasteiger partial charge is 0.193 e. The number of ether oxygens (including phenoxy) is 2. The lowest BCUT2D eigenvalue weighted by Gasteiger charge is -2.34. The first-order valence-electron chi connectivity index (χ1n) is 9.89. The van der Waals surface area contributed by atoms with Gasteiger partial charge in [-0.3, -0.25) is 4.99 Å². The summed E-state index contributed by atoms with van der Waals surface area (Å²) in [6, 6.07) is 5.47. The summed E-state index contributed by atoms with van der Waals surface area (Å²) in [5.41, 5.74) is 1.57. The highest BCUT2D eigenvalue weighted by Crippen LogP contribution is 2.21. The van der Waals surface area contributed by atoms with Crippen LogP contribution in [0.25, 0.3) is 0 Å². The topological polar surface area (TPSA) is 49.3 Å². The number of hydrogen-bond acceptors (Lipinski definition) is 4. The lowest BCUT2D eigenvalue weighted by Crippen LogP contribution is -2.46. The Kier molecular flexibility index (Phi) is 9.73. The van der Waals surface area contributed by atoms with Crippen molar-refractivity contribution in [2.75, 3.05) is 57.9 Å². The minimum atomic E-state index is -0.177. The van der Waals surface area contributed by atoms with Gasteiger partial charge in [0.25, 0.3) is 0 Å². The molecule has 0 atom stereocenters. The number of morpholine rings is 1. The zero-order chi connectivity index (χ0) is 19.1. The fraction of sp³-hybridized carbons (Fsp3) is 0.650. The van der Waals surface area contributed by atoms with Gasteiger partial charge in [-0.25, -0.2) is 4.39 Å². The number of anilines is 1. The normalized spacial score (nSPS) is 18.8. The molecule has 0 unspecified atom stereocenters. The monoisotopic (exact) mass is 506 g/mol. The summed E-state index contributed by atoms with van der Waals surface area (Å²) in [6.07, 6.45) is 2.38. The maximum absolute atomic E-state index is 14.5. The number of nitrogens with one attached hydrogen (secondary N) is 1. The zero-order valence-corrected chi connectivity index (χ0v) is 19.2. The highest BCUT2D eigenvalue weighted by atomic mass is 127. The molecular formula is C20H32FIN4O2. The molecule has 0 saturated carbocycles. The molecule has 0 amide bonds. The van der Waals surface area contributed by atoms with Crippen molar-refractivity contribution in [3.63, 3.8) is 0 Å². The van der Waals surface area contributed by atoms with Crippen molar-refractivity contribution in [2.24, 2.45) is 4.99 Å². The van der Waals surface area contributed by atoms with E-state index < -0.39 is 0 Å². The van der Waals surface area contributed by atoms with Crippen LogP contribution in [0.3, 0.4) is 0 Å². The van der Waals surface area contributed by atoms with E-state index in [2.05, 4.69) is 15.2 Å². The van der Waals surface area contributed by atoms with E-state index in [1.165, 1.54) is 0 Å². The molecule has 2 heterocycles. The van der Waals surface area contributed by atoms with E-state index >= 15 is 0 Å². The first-order valence-corrected chi connectivity index (χ1v) is 9.89. The van der Waals surface area contributed by atoms with Crippen LogP contribution in [0.15, 0.2) is 23.2 Å². The molecule has 3 rings (SSSR count). The molecule has 1 N–H and O–H groups in total. The quantitative estimate of drug-likeness (QED) is 0.378. The molecule has 158 valence electrons. The van der Waals surface area contributed by atoms with Crippen molar-refractivity contribution >= 4 is 35.6 Å². The minimum Gasteiger partial charge on any atom is -0.378 e. The van der Waals surface area contributed by atoms with Crippen LogP contribution in [0, 0.1) is 5.82 Å². The Balaban J connectivity index is 0.00000280. The molecule has 0 aliphatic carbocycles. The van der Waals surface area contributed by atoms with E-state index in [0.29, 0.717) is 31.5 Å². The van der Waals surface area contributed by atoms with Crippen molar-refractivity contribution in [2.45, 2.75) is 32.4 Å². The Morgan fingerprint density at radius 2 is 1.96 bits per heavy atom. The van der Waals surface area contributed by atoms with Crippen molar-refractivity contribution in [1.29, 1.82) is 0 Å².